The van der Waals surface area contributed by atoms with Crippen molar-refractivity contribution in [2.45, 2.75) is 64.9 Å². The van der Waals surface area contributed by atoms with Gasteiger partial charge in [-0.2, -0.15) is 0 Å². The van der Waals surface area contributed by atoms with E-state index in [2.05, 4.69) is 41.5 Å². The number of allylic oxidation sites excluding steroid dienone is 1. The van der Waals surface area contributed by atoms with E-state index in [1.165, 1.54) is 0 Å². The summed E-state index contributed by atoms with van der Waals surface area (Å²) in [5, 5.41) is 0.542. The first-order valence-corrected chi connectivity index (χ1v) is 8.90. The Morgan fingerprint density at radius 3 is 1.45 bits per heavy atom. The summed E-state index contributed by atoms with van der Waals surface area (Å²) in [5.41, 5.74) is 0.662. The molecule has 0 saturated heterocycles. The Morgan fingerprint density at radius 2 is 1.15 bits per heavy atom. The topological polar surface area (TPSA) is 34.1 Å². The van der Waals surface area contributed by atoms with Crippen LogP contribution < -0.4 is 0 Å². The van der Waals surface area contributed by atoms with Crippen molar-refractivity contribution < 1.29 is 9.59 Å². The Bertz CT molecular complexity index is 436. The van der Waals surface area contributed by atoms with Gasteiger partial charge in [0.15, 0.2) is 11.6 Å². The molecule has 20 heavy (non-hydrogen) atoms. The highest BCUT2D eigenvalue weighted by atomic mass is 32.2. The molecule has 0 aromatic carbocycles. The molecule has 2 nitrogen and oxygen atoms in total. The first-order valence-electron chi connectivity index (χ1n) is 7.14. The minimum Gasteiger partial charge on any atom is -0.294 e. The average Bonchev–Trinajstić information content (AvgIpc) is 2.25. The van der Waals surface area contributed by atoms with Crippen molar-refractivity contribution in [2.75, 3.05) is 0 Å². The SMILES string of the molecule is CC(C)(C)C1CC(=O)C2=C(S1)SC(C(C)(C)C)CC2=O. The van der Waals surface area contributed by atoms with Crippen molar-refractivity contribution in [3.05, 3.63) is 9.81 Å². The molecule has 0 saturated carbocycles. The maximum atomic E-state index is 12.3. The molecule has 4 heteroatoms. The molecule has 2 atom stereocenters. The molecule has 112 valence electrons. The zero-order valence-electron chi connectivity index (χ0n) is 13.2. The maximum absolute atomic E-state index is 12.3. The summed E-state index contributed by atoms with van der Waals surface area (Å²) in [6.07, 6.45) is 0.999. The predicted octanol–water partition coefficient (Wildman–Crippen LogP) is 4.44. The summed E-state index contributed by atoms with van der Waals surface area (Å²) >= 11 is 3.50. The second-order valence-electron chi connectivity index (χ2n) is 7.86. The molecule has 0 aromatic rings. The molecule has 0 aliphatic carbocycles. The molecule has 0 radical (unpaired) electrons. The van der Waals surface area contributed by atoms with Gasteiger partial charge in [-0.1, -0.05) is 41.5 Å². The van der Waals surface area contributed by atoms with Gasteiger partial charge >= 0.3 is 0 Å². The number of carbonyl (C=O) groups is 2. The van der Waals surface area contributed by atoms with Crippen molar-refractivity contribution in [3.63, 3.8) is 0 Å². The van der Waals surface area contributed by atoms with Crippen LogP contribution in [-0.2, 0) is 9.59 Å². The Hall–Kier alpha value is -0.220. The quantitative estimate of drug-likeness (QED) is 0.619. The minimum atomic E-state index is 0.0588. The lowest BCUT2D eigenvalue weighted by Crippen LogP contribution is -2.37. The number of Topliss-reactive ketones (excluding diaryl/α,β-unsaturated/α-hetero) is 2. The zero-order chi connectivity index (χ0) is 15.3. The summed E-state index contributed by atoms with van der Waals surface area (Å²) in [4.78, 5) is 24.7. The number of carbonyl (C=O) groups excluding carboxylic acids is 2. The summed E-state index contributed by atoms with van der Waals surface area (Å²) in [5.74, 6) is 0.118. The van der Waals surface area contributed by atoms with Crippen molar-refractivity contribution in [1.82, 2.24) is 0 Å². The third-order valence-corrected chi connectivity index (χ3v) is 7.66. The van der Waals surface area contributed by atoms with Gasteiger partial charge in [0.2, 0.25) is 0 Å². The molecule has 2 heterocycles. The largest absolute Gasteiger partial charge is 0.294 e. The Labute approximate surface area is 130 Å². The zero-order valence-corrected chi connectivity index (χ0v) is 14.8. The van der Waals surface area contributed by atoms with Crippen molar-refractivity contribution in [2.24, 2.45) is 10.8 Å². The first-order chi connectivity index (χ1) is 9.00. The number of ketones is 2. The fourth-order valence-electron chi connectivity index (χ4n) is 2.38. The third-order valence-electron chi connectivity index (χ3n) is 3.93. The number of hydrogen-bond donors (Lipinski definition) is 0. The van der Waals surface area contributed by atoms with E-state index >= 15 is 0 Å². The van der Waals surface area contributed by atoms with Crippen molar-refractivity contribution in [1.29, 1.82) is 0 Å². The number of rotatable bonds is 0. The van der Waals surface area contributed by atoms with Crippen LogP contribution in [0.3, 0.4) is 0 Å². The summed E-state index contributed by atoms with van der Waals surface area (Å²) in [7, 11) is 0. The summed E-state index contributed by atoms with van der Waals surface area (Å²) < 4.78 is 0.984. The molecular weight excluding hydrogens is 288 g/mol. The molecule has 0 fully saturated rings. The second-order valence-corrected chi connectivity index (χ2v) is 10.5. The van der Waals surface area contributed by atoms with Crippen LogP contribution in [0.25, 0.3) is 0 Å². The van der Waals surface area contributed by atoms with Crippen LogP contribution in [0.15, 0.2) is 9.81 Å². The van der Waals surface area contributed by atoms with Crippen LogP contribution in [0, 0.1) is 10.8 Å². The maximum Gasteiger partial charge on any atom is 0.169 e. The van der Waals surface area contributed by atoms with E-state index < -0.39 is 0 Å². The van der Waals surface area contributed by atoms with Crippen LogP contribution in [-0.4, -0.2) is 22.1 Å². The highest BCUT2D eigenvalue weighted by molar-refractivity contribution is 8.23. The average molecular weight is 313 g/mol. The smallest absolute Gasteiger partial charge is 0.169 e. The molecule has 0 spiro atoms. The van der Waals surface area contributed by atoms with Gasteiger partial charge in [-0.25, -0.2) is 0 Å². The van der Waals surface area contributed by atoms with Crippen LogP contribution >= 0.6 is 23.5 Å². The van der Waals surface area contributed by atoms with E-state index in [1.807, 2.05) is 0 Å². The standard InChI is InChI=1S/C16H24O2S2/c1-15(2,3)11-7-9(17)13-10(18)8-12(16(4,5)6)20-14(13)19-11/h11-12H,7-8H2,1-6H3. The fourth-order valence-corrected chi connectivity index (χ4v) is 5.68. The van der Waals surface area contributed by atoms with Gasteiger partial charge in [-0.3, -0.25) is 9.59 Å². The lowest BCUT2D eigenvalue weighted by molar-refractivity contribution is -0.122. The van der Waals surface area contributed by atoms with Gasteiger partial charge in [-0.05, 0) is 10.8 Å². The lowest BCUT2D eigenvalue weighted by atomic mass is 9.84. The molecule has 0 aromatic heterocycles. The van der Waals surface area contributed by atoms with Crippen LogP contribution in [0.2, 0.25) is 0 Å². The molecule has 2 aliphatic heterocycles. The van der Waals surface area contributed by atoms with Gasteiger partial charge in [0.05, 0.1) is 9.81 Å². The van der Waals surface area contributed by atoms with E-state index in [0.29, 0.717) is 18.4 Å². The van der Waals surface area contributed by atoms with Gasteiger partial charge in [0, 0.05) is 23.3 Å². The monoisotopic (exact) mass is 312 g/mol. The van der Waals surface area contributed by atoms with E-state index in [1.54, 1.807) is 23.5 Å². The van der Waals surface area contributed by atoms with E-state index in [-0.39, 0.29) is 32.9 Å². The first kappa shape index (κ1) is 16.2. The molecular formula is C16H24O2S2. The molecule has 0 bridgehead atoms. The third kappa shape index (κ3) is 3.16. The molecule has 2 unspecified atom stereocenters. The molecule has 2 rings (SSSR count). The van der Waals surface area contributed by atoms with Crippen LogP contribution in [0.1, 0.15) is 54.4 Å². The highest BCUT2D eigenvalue weighted by Gasteiger charge is 2.43. The Morgan fingerprint density at radius 1 is 0.800 bits per heavy atom. The second kappa shape index (κ2) is 5.20. The van der Waals surface area contributed by atoms with E-state index in [9.17, 15) is 9.59 Å². The van der Waals surface area contributed by atoms with Crippen LogP contribution in [0.5, 0.6) is 0 Å². The van der Waals surface area contributed by atoms with Gasteiger partial charge in [-0.15, -0.1) is 23.5 Å². The molecule has 0 N–H and O–H groups in total. The summed E-state index contributed by atoms with van der Waals surface area (Å²) in [6.45, 7) is 13.0. The molecule has 0 amide bonds. The predicted molar refractivity (Wildman–Crippen MR) is 87.9 cm³/mol. The number of thioether (sulfide) groups is 2. The Kier molecular flexibility index (Phi) is 4.20. The lowest BCUT2D eigenvalue weighted by Gasteiger charge is -2.39. The Balaban J connectivity index is 2.32. The van der Waals surface area contributed by atoms with Crippen molar-refractivity contribution in [3.8, 4) is 0 Å². The summed E-state index contributed by atoms with van der Waals surface area (Å²) in [6, 6.07) is 0. The highest BCUT2D eigenvalue weighted by Crippen LogP contribution is 2.53. The van der Waals surface area contributed by atoms with E-state index in [0.717, 1.165) is 4.24 Å². The van der Waals surface area contributed by atoms with Gasteiger partial charge in [0.1, 0.15) is 0 Å². The minimum absolute atomic E-state index is 0.0588. The van der Waals surface area contributed by atoms with Gasteiger partial charge in [0.25, 0.3) is 0 Å². The van der Waals surface area contributed by atoms with Gasteiger partial charge < -0.3 is 0 Å². The van der Waals surface area contributed by atoms with Crippen molar-refractivity contribution >= 4 is 35.1 Å². The van der Waals surface area contributed by atoms with Crippen LogP contribution in [0.4, 0.5) is 0 Å². The molecule has 2 aliphatic rings. The number of hydrogen-bond acceptors (Lipinski definition) is 4. The fraction of sp³-hybridized carbons (Fsp3) is 0.750. The normalized spacial score (nSPS) is 28.7. The van der Waals surface area contributed by atoms with E-state index in [4.69, 9.17) is 0 Å².